The number of nitrogens with one attached hydrogen (secondary N) is 1. The molecule has 12 heteroatoms. The number of hydrogen-bond acceptors (Lipinski definition) is 8. The quantitative estimate of drug-likeness (QED) is 0.386. The number of aliphatic hydroxyl groups is 2. The van der Waals surface area contributed by atoms with Gasteiger partial charge < -0.3 is 19.9 Å². The molecule has 32 heavy (non-hydrogen) atoms. The minimum atomic E-state index is -4.02. The van der Waals surface area contributed by atoms with Crippen LogP contribution in [-0.2, 0) is 23.5 Å². The van der Waals surface area contributed by atoms with Crippen molar-refractivity contribution in [3.05, 3.63) is 34.2 Å². The van der Waals surface area contributed by atoms with Crippen LogP contribution in [0.1, 0.15) is 19.0 Å². The van der Waals surface area contributed by atoms with E-state index < -0.39 is 28.8 Å². The summed E-state index contributed by atoms with van der Waals surface area (Å²) in [5.41, 5.74) is 1.34. The van der Waals surface area contributed by atoms with Crippen LogP contribution in [0.5, 0.6) is 5.75 Å². The second-order valence-electron chi connectivity index (χ2n) is 7.15. The van der Waals surface area contributed by atoms with Crippen LogP contribution in [0.25, 0.3) is 22.4 Å². The maximum absolute atomic E-state index is 13.1. The SMILES string of the molecule is CCCc1nn(C)c2c(=O)[nH]c(-c3cc(S(=O)(=O)N(CCO)CCO)ccc3OC)nc12. The van der Waals surface area contributed by atoms with Gasteiger partial charge in [0.2, 0.25) is 10.0 Å². The molecule has 0 unspecified atom stereocenters. The van der Waals surface area contributed by atoms with E-state index in [0.29, 0.717) is 28.9 Å². The molecule has 11 nitrogen and oxygen atoms in total. The van der Waals surface area contributed by atoms with E-state index >= 15 is 0 Å². The maximum Gasteiger partial charge on any atom is 0.277 e. The van der Waals surface area contributed by atoms with Crippen LogP contribution in [0.15, 0.2) is 27.9 Å². The van der Waals surface area contributed by atoms with Crippen molar-refractivity contribution in [3.63, 3.8) is 0 Å². The van der Waals surface area contributed by atoms with Crippen LogP contribution in [0.3, 0.4) is 0 Å². The number of aromatic nitrogens is 4. The van der Waals surface area contributed by atoms with Crippen LogP contribution in [0.4, 0.5) is 0 Å². The normalized spacial score (nSPS) is 12.1. The number of nitrogens with zero attached hydrogens (tertiary/aromatic N) is 4. The minimum absolute atomic E-state index is 0.0853. The predicted octanol–water partition coefficient (Wildman–Crippen LogP) is 0.260. The fraction of sp³-hybridized carbons (Fsp3) is 0.450. The molecule has 0 saturated carbocycles. The van der Waals surface area contributed by atoms with Gasteiger partial charge in [0.05, 0.1) is 36.5 Å². The first-order chi connectivity index (χ1) is 15.3. The van der Waals surface area contributed by atoms with Gasteiger partial charge in [-0.1, -0.05) is 13.3 Å². The highest BCUT2D eigenvalue weighted by molar-refractivity contribution is 7.89. The Morgan fingerprint density at radius 3 is 2.50 bits per heavy atom. The van der Waals surface area contributed by atoms with E-state index in [1.165, 1.54) is 30.0 Å². The molecule has 0 amide bonds. The third-order valence-corrected chi connectivity index (χ3v) is 6.91. The summed E-state index contributed by atoms with van der Waals surface area (Å²) >= 11 is 0. The molecule has 0 bridgehead atoms. The first kappa shape index (κ1) is 23.9. The molecule has 0 radical (unpaired) electrons. The molecule has 3 rings (SSSR count). The van der Waals surface area contributed by atoms with E-state index in [0.717, 1.165) is 10.7 Å². The number of aryl methyl sites for hydroxylation is 2. The van der Waals surface area contributed by atoms with Gasteiger partial charge in [-0.2, -0.15) is 9.40 Å². The number of fused-ring (bicyclic) bond motifs is 1. The van der Waals surface area contributed by atoms with Gasteiger partial charge in [-0.3, -0.25) is 9.48 Å². The third kappa shape index (κ3) is 4.39. The Kier molecular flexibility index (Phi) is 7.29. The van der Waals surface area contributed by atoms with Crippen molar-refractivity contribution in [2.75, 3.05) is 33.4 Å². The molecule has 174 valence electrons. The van der Waals surface area contributed by atoms with Crippen molar-refractivity contribution in [2.24, 2.45) is 7.05 Å². The standard InChI is InChI=1S/C20H27N5O6S/c1-4-5-15-17-18(24(2)23-15)20(28)22-19(21-17)14-12-13(6-7-16(14)31-3)32(29,30)25(8-10-26)9-11-27/h6-7,12,26-27H,4-5,8-11H2,1-3H3,(H,21,22,28). The summed E-state index contributed by atoms with van der Waals surface area (Å²) in [6.45, 7) is 0.878. The summed E-state index contributed by atoms with van der Waals surface area (Å²) in [6.07, 6.45) is 1.45. The zero-order valence-electron chi connectivity index (χ0n) is 18.2. The lowest BCUT2D eigenvalue weighted by Crippen LogP contribution is -2.35. The number of sulfonamides is 1. The van der Waals surface area contributed by atoms with Crippen molar-refractivity contribution in [3.8, 4) is 17.1 Å². The number of benzene rings is 1. The topological polar surface area (TPSA) is 151 Å². The molecule has 1 aromatic carbocycles. The van der Waals surface area contributed by atoms with Crippen molar-refractivity contribution in [1.82, 2.24) is 24.1 Å². The Hall–Kier alpha value is -2.80. The van der Waals surface area contributed by atoms with Gasteiger partial charge in [0.1, 0.15) is 17.1 Å². The Morgan fingerprint density at radius 2 is 1.91 bits per heavy atom. The van der Waals surface area contributed by atoms with Gasteiger partial charge in [-0.25, -0.2) is 13.4 Å². The largest absolute Gasteiger partial charge is 0.496 e. The van der Waals surface area contributed by atoms with Gasteiger partial charge in [0, 0.05) is 20.1 Å². The molecule has 0 atom stereocenters. The lowest BCUT2D eigenvalue weighted by molar-refractivity contribution is 0.217. The first-order valence-electron chi connectivity index (χ1n) is 10.1. The van der Waals surface area contributed by atoms with Gasteiger partial charge in [-0.05, 0) is 24.6 Å². The predicted molar refractivity (Wildman–Crippen MR) is 118 cm³/mol. The van der Waals surface area contributed by atoms with Crippen LogP contribution in [0.2, 0.25) is 0 Å². The van der Waals surface area contributed by atoms with E-state index in [-0.39, 0.29) is 29.4 Å². The number of hydrogen-bond donors (Lipinski definition) is 3. The van der Waals surface area contributed by atoms with Crippen LogP contribution in [-0.4, -0.2) is 76.1 Å². The summed E-state index contributed by atoms with van der Waals surface area (Å²) in [5, 5.41) is 22.8. The Balaban J connectivity index is 2.21. The Morgan fingerprint density at radius 1 is 1.22 bits per heavy atom. The van der Waals surface area contributed by atoms with E-state index in [2.05, 4.69) is 15.1 Å². The van der Waals surface area contributed by atoms with E-state index in [4.69, 9.17) is 4.74 Å². The fourth-order valence-corrected chi connectivity index (χ4v) is 4.99. The molecular formula is C20H27N5O6S. The smallest absolute Gasteiger partial charge is 0.277 e. The minimum Gasteiger partial charge on any atom is -0.496 e. The zero-order chi connectivity index (χ0) is 23.5. The summed E-state index contributed by atoms with van der Waals surface area (Å²) in [6, 6.07) is 4.19. The maximum atomic E-state index is 13.1. The van der Waals surface area contributed by atoms with Crippen molar-refractivity contribution in [1.29, 1.82) is 0 Å². The molecule has 0 aliphatic heterocycles. The summed E-state index contributed by atoms with van der Waals surface area (Å²) in [7, 11) is -0.925. The molecule has 2 heterocycles. The summed E-state index contributed by atoms with van der Waals surface area (Å²) < 4.78 is 34.0. The highest BCUT2D eigenvalue weighted by Gasteiger charge is 2.26. The Labute approximate surface area is 185 Å². The fourth-order valence-electron chi connectivity index (χ4n) is 3.54. The number of rotatable bonds is 10. The lowest BCUT2D eigenvalue weighted by Gasteiger charge is -2.21. The number of H-pyrrole nitrogens is 1. The van der Waals surface area contributed by atoms with Gasteiger partial charge in [0.25, 0.3) is 5.56 Å². The summed E-state index contributed by atoms with van der Waals surface area (Å²) in [5.74, 6) is 0.473. The average molecular weight is 466 g/mol. The molecule has 2 aromatic heterocycles. The Bertz CT molecular complexity index is 1260. The molecule has 0 aliphatic carbocycles. The van der Waals surface area contributed by atoms with E-state index in [9.17, 15) is 23.4 Å². The number of aliphatic hydroxyl groups excluding tert-OH is 2. The average Bonchev–Trinajstić information content (AvgIpc) is 3.09. The number of ether oxygens (including phenoxy) is 1. The van der Waals surface area contributed by atoms with Crippen LogP contribution in [0, 0.1) is 0 Å². The molecule has 0 aliphatic rings. The first-order valence-corrected chi connectivity index (χ1v) is 11.6. The van der Waals surface area contributed by atoms with Crippen LogP contribution >= 0.6 is 0 Å². The van der Waals surface area contributed by atoms with E-state index in [1.54, 1.807) is 7.05 Å². The van der Waals surface area contributed by atoms with Gasteiger partial charge in [-0.15, -0.1) is 0 Å². The van der Waals surface area contributed by atoms with Gasteiger partial charge >= 0.3 is 0 Å². The van der Waals surface area contributed by atoms with Crippen molar-refractivity contribution < 1.29 is 23.4 Å². The molecule has 0 spiro atoms. The second kappa shape index (κ2) is 9.77. The summed E-state index contributed by atoms with van der Waals surface area (Å²) in [4.78, 5) is 20.0. The second-order valence-corrected chi connectivity index (χ2v) is 9.08. The highest BCUT2D eigenvalue weighted by atomic mass is 32.2. The zero-order valence-corrected chi connectivity index (χ0v) is 19.0. The van der Waals surface area contributed by atoms with Crippen molar-refractivity contribution in [2.45, 2.75) is 24.7 Å². The monoisotopic (exact) mass is 465 g/mol. The lowest BCUT2D eigenvalue weighted by atomic mass is 10.1. The van der Waals surface area contributed by atoms with Crippen LogP contribution < -0.4 is 10.3 Å². The molecular weight excluding hydrogens is 438 g/mol. The third-order valence-electron chi connectivity index (χ3n) is 5.01. The van der Waals surface area contributed by atoms with E-state index in [1.807, 2.05) is 6.92 Å². The molecule has 3 N–H and O–H groups in total. The van der Waals surface area contributed by atoms with Crippen molar-refractivity contribution >= 4 is 21.1 Å². The number of aromatic amines is 1. The molecule has 0 saturated heterocycles. The molecule has 3 aromatic rings. The van der Waals surface area contributed by atoms with Gasteiger partial charge in [0.15, 0.2) is 5.52 Å². The molecule has 0 fully saturated rings. The highest BCUT2D eigenvalue weighted by Crippen LogP contribution is 2.31. The number of methoxy groups -OCH3 is 1.